The minimum atomic E-state index is 0.351. The Hall–Kier alpha value is -1.26. The van der Waals surface area contributed by atoms with Gasteiger partial charge in [0.15, 0.2) is 11.5 Å². The maximum absolute atomic E-state index is 5.36. The molecule has 0 atom stereocenters. The molecule has 1 aliphatic heterocycles. The van der Waals surface area contributed by atoms with Gasteiger partial charge in [-0.05, 0) is 43.5 Å². The number of ether oxygens (including phenoxy) is 2. The molecule has 98 valence electrons. The van der Waals surface area contributed by atoms with Gasteiger partial charge in [0.1, 0.15) is 0 Å². The molecule has 0 spiro atoms. The molecule has 0 aromatic heterocycles. The van der Waals surface area contributed by atoms with Gasteiger partial charge in [-0.2, -0.15) is 0 Å². The summed E-state index contributed by atoms with van der Waals surface area (Å²) in [5, 5.41) is 6.94. The summed E-state index contributed by atoms with van der Waals surface area (Å²) in [6.45, 7) is 3.47. The van der Waals surface area contributed by atoms with Crippen LogP contribution in [0, 0.1) is 0 Å². The lowest BCUT2D eigenvalue weighted by atomic mass is 10.1. The SMILES string of the molecule is c1cc2c(cc1CCNCCNC1CC1)OCO2. The highest BCUT2D eigenvalue weighted by molar-refractivity contribution is 5.44. The third-order valence-corrected chi connectivity index (χ3v) is 3.34. The minimum absolute atomic E-state index is 0.351. The molecule has 0 bridgehead atoms. The lowest BCUT2D eigenvalue weighted by Gasteiger charge is -2.06. The Bertz CT molecular complexity index is 405. The Morgan fingerprint density at radius 2 is 1.94 bits per heavy atom. The smallest absolute Gasteiger partial charge is 0.231 e. The number of benzene rings is 1. The molecule has 18 heavy (non-hydrogen) atoms. The van der Waals surface area contributed by atoms with Gasteiger partial charge in [-0.1, -0.05) is 6.07 Å². The fourth-order valence-electron chi connectivity index (χ4n) is 2.11. The first-order valence-electron chi connectivity index (χ1n) is 6.74. The van der Waals surface area contributed by atoms with E-state index in [1.54, 1.807) is 0 Å². The average molecular weight is 248 g/mol. The molecule has 0 radical (unpaired) electrons. The van der Waals surface area contributed by atoms with Gasteiger partial charge >= 0.3 is 0 Å². The lowest BCUT2D eigenvalue weighted by Crippen LogP contribution is -2.29. The van der Waals surface area contributed by atoms with Gasteiger partial charge in [0.25, 0.3) is 0 Å². The van der Waals surface area contributed by atoms with E-state index >= 15 is 0 Å². The van der Waals surface area contributed by atoms with Crippen LogP contribution in [-0.2, 0) is 6.42 Å². The summed E-state index contributed by atoms with van der Waals surface area (Å²) in [5.74, 6) is 1.74. The van der Waals surface area contributed by atoms with Crippen LogP contribution in [0.25, 0.3) is 0 Å². The van der Waals surface area contributed by atoms with Crippen LogP contribution in [0.1, 0.15) is 18.4 Å². The standard InChI is InChI=1S/C14H20N2O2/c1-4-13-14(18-10-17-13)9-11(1)5-6-15-7-8-16-12-2-3-12/h1,4,9,12,15-16H,2-3,5-8,10H2. The molecular weight excluding hydrogens is 228 g/mol. The second-order valence-electron chi connectivity index (χ2n) is 4.92. The highest BCUT2D eigenvalue weighted by Crippen LogP contribution is 2.32. The van der Waals surface area contributed by atoms with Gasteiger partial charge in [-0.15, -0.1) is 0 Å². The molecular formula is C14H20N2O2. The van der Waals surface area contributed by atoms with E-state index in [1.165, 1.54) is 18.4 Å². The predicted octanol–water partition coefficient (Wildman–Crippen LogP) is 1.30. The van der Waals surface area contributed by atoms with Gasteiger partial charge < -0.3 is 20.1 Å². The van der Waals surface area contributed by atoms with E-state index in [1.807, 2.05) is 6.07 Å². The third-order valence-electron chi connectivity index (χ3n) is 3.34. The van der Waals surface area contributed by atoms with Crippen molar-refractivity contribution in [2.75, 3.05) is 26.4 Å². The van der Waals surface area contributed by atoms with Crippen LogP contribution in [0.2, 0.25) is 0 Å². The Morgan fingerprint density at radius 1 is 1.06 bits per heavy atom. The molecule has 0 unspecified atom stereocenters. The van der Waals surface area contributed by atoms with E-state index in [0.717, 1.165) is 43.6 Å². The van der Waals surface area contributed by atoms with Crippen molar-refractivity contribution in [1.82, 2.24) is 10.6 Å². The first-order valence-corrected chi connectivity index (χ1v) is 6.74. The van der Waals surface area contributed by atoms with Crippen LogP contribution in [-0.4, -0.2) is 32.5 Å². The maximum Gasteiger partial charge on any atom is 0.231 e. The van der Waals surface area contributed by atoms with E-state index in [4.69, 9.17) is 9.47 Å². The summed E-state index contributed by atoms with van der Waals surface area (Å²) >= 11 is 0. The van der Waals surface area contributed by atoms with Gasteiger partial charge in [0.2, 0.25) is 6.79 Å². The Morgan fingerprint density at radius 3 is 2.83 bits per heavy atom. The lowest BCUT2D eigenvalue weighted by molar-refractivity contribution is 0.174. The Labute approximate surface area is 108 Å². The van der Waals surface area contributed by atoms with Crippen molar-refractivity contribution >= 4 is 0 Å². The molecule has 1 aliphatic carbocycles. The van der Waals surface area contributed by atoms with Crippen molar-refractivity contribution in [2.45, 2.75) is 25.3 Å². The molecule has 1 aromatic carbocycles. The van der Waals surface area contributed by atoms with Gasteiger partial charge in [0, 0.05) is 19.1 Å². The fourth-order valence-corrected chi connectivity index (χ4v) is 2.11. The van der Waals surface area contributed by atoms with E-state index in [0.29, 0.717) is 6.79 Å². The zero-order chi connectivity index (χ0) is 12.2. The maximum atomic E-state index is 5.36. The predicted molar refractivity (Wildman–Crippen MR) is 70.2 cm³/mol. The third kappa shape index (κ3) is 3.15. The monoisotopic (exact) mass is 248 g/mol. The van der Waals surface area contributed by atoms with E-state index in [-0.39, 0.29) is 0 Å². The van der Waals surface area contributed by atoms with Crippen molar-refractivity contribution in [3.8, 4) is 11.5 Å². The highest BCUT2D eigenvalue weighted by atomic mass is 16.7. The topological polar surface area (TPSA) is 42.5 Å². The van der Waals surface area contributed by atoms with Gasteiger partial charge in [-0.25, -0.2) is 0 Å². The highest BCUT2D eigenvalue weighted by Gasteiger charge is 2.19. The van der Waals surface area contributed by atoms with Crippen molar-refractivity contribution in [3.05, 3.63) is 23.8 Å². The molecule has 2 N–H and O–H groups in total. The normalized spacial score (nSPS) is 17.1. The Balaban J connectivity index is 1.34. The average Bonchev–Trinajstić information content (AvgIpc) is 3.09. The minimum Gasteiger partial charge on any atom is -0.454 e. The number of hydrogen-bond donors (Lipinski definition) is 2. The molecule has 4 heteroatoms. The van der Waals surface area contributed by atoms with Crippen LogP contribution in [0.5, 0.6) is 11.5 Å². The number of hydrogen-bond acceptors (Lipinski definition) is 4. The van der Waals surface area contributed by atoms with Crippen molar-refractivity contribution in [3.63, 3.8) is 0 Å². The zero-order valence-corrected chi connectivity index (χ0v) is 10.6. The summed E-state index contributed by atoms with van der Waals surface area (Å²) in [6, 6.07) is 6.98. The van der Waals surface area contributed by atoms with E-state index in [2.05, 4.69) is 22.8 Å². The zero-order valence-electron chi connectivity index (χ0n) is 10.6. The van der Waals surface area contributed by atoms with Crippen LogP contribution >= 0.6 is 0 Å². The Kier molecular flexibility index (Phi) is 3.67. The second-order valence-corrected chi connectivity index (χ2v) is 4.92. The molecule has 0 amide bonds. The first kappa shape index (κ1) is 11.8. The van der Waals surface area contributed by atoms with Crippen molar-refractivity contribution < 1.29 is 9.47 Å². The summed E-state index contributed by atoms with van der Waals surface area (Å²) < 4.78 is 10.7. The number of fused-ring (bicyclic) bond motifs is 1. The van der Waals surface area contributed by atoms with Crippen LogP contribution in [0.3, 0.4) is 0 Å². The van der Waals surface area contributed by atoms with Crippen LogP contribution < -0.4 is 20.1 Å². The molecule has 1 heterocycles. The van der Waals surface area contributed by atoms with Crippen LogP contribution in [0.15, 0.2) is 18.2 Å². The van der Waals surface area contributed by atoms with Crippen molar-refractivity contribution in [1.29, 1.82) is 0 Å². The number of nitrogens with one attached hydrogen (secondary N) is 2. The summed E-state index contributed by atoms with van der Waals surface area (Å²) in [5.41, 5.74) is 1.29. The van der Waals surface area contributed by atoms with Gasteiger partial charge in [0.05, 0.1) is 0 Å². The molecule has 2 aliphatic rings. The summed E-state index contributed by atoms with van der Waals surface area (Å²) in [6.07, 6.45) is 3.74. The molecule has 1 aromatic rings. The quantitative estimate of drug-likeness (QED) is 0.714. The van der Waals surface area contributed by atoms with Gasteiger partial charge in [-0.3, -0.25) is 0 Å². The number of rotatable bonds is 7. The molecule has 1 saturated carbocycles. The van der Waals surface area contributed by atoms with E-state index < -0.39 is 0 Å². The largest absolute Gasteiger partial charge is 0.454 e. The molecule has 1 fully saturated rings. The summed E-state index contributed by atoms with van der Waals surface area (Å²) in [4.78, 5) is 0. The molecule has 4 nitrogen and oxygen atoms in total. The van der Waals surface area contributed by atoms with Crippen molar-refractivity contribution in [2.24, 2.45) is 0 Å². The van der Waals surface area contributed by atoms with Crippen LogP contribution in [0.4, 0.5) is 0 Å². The summed E-state index contributed by atoms with van der Waals surface area (Å²) in [7, 11) is 0. The fraction of sp³-hybridized carbons (Fsp3) is 0.571. The second kappa shape index (κ2) is 5.59. The molecule has 3 rings (SSSR count). The van der Waals surface area contributed by atoms with E-state index in [9.17, 15) is 0 Å². The molecule has 0 saturated heterocycles. The first-order chi connectivity index (χ1) is 8.92.